The number of nitrogens with two attached hydrogens (primary N) is 1. The molecule has 7 heteroatoms. The summed E-state index contributed by atoms with van der Waals surface area (Å²) in [5, 5.41) is 0. The first-order chi connectivity index (χ1) is 10.7. The van der Waals surface area contributed by atoms with Gasteiger partial charge in [0.2, 0.25) is 0 Å². The van der Waals surface area contributed by atoms with Gasteiger partial charge in [-0.05, 0) is 47.0 Å². The van der Waals surface area contributed by atoms with Gasteiger partial charge in [0.05, 0.1) is 0 Å². The number of aliphatic imine (C=N–C) groups is 1. The van der Waals surface area contributed by atoms with Crippen molar-refractivity contribution >= 4 is 36.0 Å². The van der Waals surface area contributed by atoms with Gasteiger partial charge in [0.1, 0.15) is 5.60 Å². The summed E-state index contributed by atoms with van der Waals surface area (Å²) in [5.41, 5.74) is 5.62. The lowest BCUT2D eigenvalue weighted by molar-refractivity contribution is 0.0231. The number of amides is 1. The summed E-state index contributed by atoms with van der Waals surface area (Å²) in [6, 6.07) is 0.0607. The lowest BCUT2D eigenvalue weighted by Crippen LogP contribution is -2.40. The average Bonchev–Trinajstić information content (AvgIpc) is 2.73. The van der Waals surface area contributed by atoms with Gasteiger partial charge in [-0.1, -0.05) is 12.8 Å². The number of rotatable bonds is 4. The van der Waals surface area contributed by atoms with Crippen molar-refractivity contribution in [2.24, 2.45) is 10.7 Å². The number of guanidine groups is 1. The van der Waals surface area contributed by atoms with Crippen molar-refractivity contribution in [1.29, 1.82) is 0 Å². The summed E-state index contributed by atoms with van der Waals surface area (Å²) >= 11 is 0. The van der Waals surface area contributed by atoms with Crippen molar-refractivity contribution in [3.05, 3.63) is 0 Å². The van der Waals surface area contributed by atoms with Gasteiger partial charge in [-0.2, -0.15) is 0 Å². The van der Waals surface area contributed by atoms with Crippen molar-refractivity contribution in [1.82, 2.24) is 9.80 Å². The van der Waals surface area contributed by atoms with Crippen LogP contribution < -0.4 is 5.73 Å². The molecule has 0 aromatic rings. The SMILES string of the molecule is CC(CCN=C(N)N1CCCCCC1)N(C)C(=O)OC(C)(C)C.I. The zero-order chi connectivity index (χ0) is 17.5. The molecule has 0 radical (unpaired) electrons. The van der Waals surface area contributed by atoms with Crippen LogP contribution in [0.2, 0.25) is 0 Å². The molecule has 1 heterocycles. The first-order valence-corrected chi connectivity index (χ1v) is 8.71. The molecule has 0 saturated carbocycles. The Bertz CT molecular complexity index is 402. The minimum atomic E-state index is -0.472. The molecule has 0 spiro atoms. The molecular formula is C17H35IN4O2. The molecule has 1 saturated heterocycles. The average molecular weight is 454 g/mol. The summed E-state index contributed by atoms with van der Waals surface area (Å²) in [4.78, 5) is 20.3. The van der Waals surface area contributed by atoms with E-state index in [1.54, 1.807) is 11.9 Å². The Hall–Kier alpha value is -0.730. The molecule has 0 aromatic heterocycles. The molecule has 0 aromatic carbocycles. The van der Waals surface area contributed by atoms with E-state index in [4.69, 9.17) is 10.5 Å². The molecule has 0 aliphatic carbocycles. The molecule has 1 unspecified atom stereocenters. The third-order valence-corrected chi connectivity index (χ3v) is 4.09. The topological polar surface area (TPSA) is 71.2 Å². The van der Waals surface area contributed by atoms with E-state index in [-0.39, 0.29) is 36.1 Å². The van der Waals surface area contributed by atoms with E-state index >= 15 is 0 Å². The minimum absolute atomic E-state index is 0. The fourth-order valence-corrected chi connectivity index (χ4v) is 2.47. The lowest BCUT2D eigenvalue weighted by Gasteiger charge is -2.28. The van der Waals surface area contributed by atoms with E-state index in [1.807, 2.05) is 27.7 Å². The third kappa shape index (κ3) is 8.94. The first kappa shape index (κ1) is 23.3. The molecule has 1 amide bonds. The number of likely N-dealkylation sites (tertiary alicyclic amines) is 1. The number of carbonyl (C=O) groups excluding carboxylic acids is 1. The highest BCUT2D eigenvalue weighted by Gasteiger charge is 2.22. The van der Waals surface area contributed by atoms with E-state index in [0.717, 1.165) is 19.5 Å². The molecule has 1 fully saturated rings. The van der Waals surface area contributed by atoms with E-state index in [9.17, 15) is 4.79 Å². The Kier molecular flexibility index (Phi) is 10.7. The third-order valence-electron chi connectivity index (χ3n) is 4.09. The molecule has 0 bridgehead atoms. The van der Waals surface area contributed by atoms with Gasteiger partial charge >= 0.3 is 6.09 Å². The first-order valence-electron chi connectivity index (χ1n) is 8.71. The van der Waals surface area contributed by atoms with Crippen LogP contribution in [0.1, 0.15) is 59.8 Å². The summed E-state index contributed by atoms with van der Waals surface area (Å²) in [5.74, 6) is 0.638. The number of hydrogen-bond donors (Lipinski definition) is 1. The van der Waals surface area contributed by atoms with Gasteiger partial charge in [0, 0.05) is 32.7 Å². The summed E-state index contributed by atoms with van der Waals surface area (Å²) in [6.07, 6.45) is 5.41. The molecule has 1 aliphatic heterocycles. The highest BCUT2D eigenvalue weighted by molar-refractivity contribution is 14.0. The van der Waals surface area contributed by atoms with E-state index in [0.29, 0.717) is 12.5 Å². The van der Waals surface area contributed by atoms with Crippen LogP contribution in [-0.4, -0.2) is 60.2 Å². The van der Waals surface area contributed by atoms with Crippen molar-refractivity contribution in [3.8, 4) is 0 Å². The highest BCUT2D eigenvalue weighted by Crippen LogP contribution is 2.12. The largest absolute Gasteiger partial charge is 0.444 e. The Morgan fingerprint density at radius 3 is 2.29 bits per heavy atom. The van der Waals surface area contributed by atoms with Crippen molar-refractivity contribution in [2.75, 3.05) is 26.7 Å². The van der Waals surface area contributed by atoms with E-state index in [2.05, 4.69) is 9.89 Å². The quantitative estimate of drug-likeness (QED) is 0.402. The smallest absolute Gasteiger partial charge is 0.410 e. The summed E-state index contributed by atoms with van der Waals surface area (Å²) in [7, 11) is 1.76. The molecule has 24 heavy (non-hydrogen) atoms. The molecule has 1 atom stereocenters. The van der Waals surface area contributed by atoms with Gasteiger partial charge in [0.15, 0.2) is 5.96 Å². The van der Waals surface area contributed by atoms with Gasteiger partial charge in [-0.3, -0.25) is 4.99 Å². The van der Waals surface area contributed by atoms with Crippen LogP contribution in [0.4, 0.5) is 4.79 Å². The Labute approximate surface area is 164 Å². The molecule has 142 valence electrons. The fraction of sp³-hybridized carbons (Fsp3) is 0.882. The van der Waals surface area contributed by atoms with Gasteiger partial charge in [-0.25, -0.2) is 4.79 Å². The predicted octanol–water partition coefficient (Wildman–Crippen LogP) is 3.44. The monoisotopic (exact) mass is 454 g/mol. The lowest BCUT2D eigenvalue weighted by atomic mass is 10.2. The maximum atomic E-state index is 12.0. The molecular weight excluding hydrogens is 419 g/mol. The second kappa shape index (κ2) is 11.0. The maximum absolute atomic E-state index is 12.0. The Morgan fingerprint density at radius 1 is 1.25 bits per heavy atom. The van der Waals surface area contributed by atoms with Gasteiger partial charge in [0.25, 0.3) is 0 Å². The number of carbonyl (C=O) groups is 1. The zero-order valence-corrected chi connectivity index (χ0v) is 18.2. The van der Waals surface area contributed by atoms with Gasteiger partial charge < -0.3 is 20.3 Å². The van der Waals surface area contributed by atoms with Crippen LogP contribution in [0.3, 0.4) is 0 Å². The molecule has 1 rings (SSSR count). The second-order valence-corrected chi connectivity index (χ2v) is 7.37. The number of ether oxygens (including phenoxy) is 1. The van der Waals surface area contributed by atoms with Crippen LogP contribution in [0.25, 0.3) is 0 Å². The van der Waals surface area contributed by atoms with Crippen molar-refractivity contribution in [3.63, 3.8) is 0 Å². The van der Waals surface area contributed by atoms with E-state index in [1.165, 1.54) is 25.7 Å². The van der Waals surface area contributed by atoms with Crippen LogP contribution in [0.15, 0.2) is 4.99 Å². The number of halogens is 1. The standard InChI is InChI=1S/C17H34N4O2.HI/c1-14(20(5)16(22)23-17(2,3)4)10-11-19-15(18)21-12-8-6-7-9-13-21;/h14H,6-13H2,1-5H3,(H2,18,19);1H. The van der Waals surface area contributed by atoms with Gasteiger partial charge in [-0.15, -0.1) is 24.0 Å². The summed E-state index contributed by atoms with van der Waals surface area (Å²) in [6.45, 7) is 10.2. The molecule has 2 N–H and O–H groups in total. The summed E-state index contributed by atoms with van der Waals surface area (Å²) < 4.78 is 5.38. The second-order valence-electron chi connectivity index (χ2n) is 7.37. The number of nitrogens with zero attached hydrogens (tertiary/aromatic N) is 3. The van der Waals surface area contributed by atoms with Crippen LogP contribution in [0, 0.1) is 0 Å². The van der Waals surface area contributed by atoms with E-state index < -0.39 is 5.60 Å². The molecule has 6 nitrogen and oxygen atoms in total. The predicted molar refractivity (Wildman–Crippen MR) is 110 cm³/mol. The van der Waals surface area contributed by atoms with Crippen LogP contribution in [0.5, 0.6) is 0 Å². The normalized spacial score (nSPS) is 17.5. The van der Waals surface area contributed by atoms with Crippen LogP contribution in [-0.2, 0) is 4.74 Å². The minimum Gasteiger partial charge on any atom is -0.444 e. The highest BCUT2D eigenvalue weighted by atomic mass is 127. The van der Waals surface area contributed by atoms with Crippen molar-refractivity contribution in [2.45, 2.75) is 71.4 Å². The molecule has 1 aliphatic rings. The van der Waals surface area contributed by atoms with Crippen LogP contribution >= 0.6 is 24.0 Å². The number of hydrogen-bond acceptors (Lipinski definition) is 3. The zero-order valence-electron chi connectivity index (χ0n) is 15.9. The Balaban J connectivity index is 0.00000529. The van der Waals surface area contributed by atoms with Crippen molar-refractivity contribution < 1.29 is 9.53 Å². The maximum Gasteiger partial charge on any atom is 0.410 e. The fourth-order valence-electron chi connectivity index (χ4n) is 2.47. The Morgan fingerprint density at radius 2 is 1.79 bits per heavy atom.